The Bertz CT molecular complexity index is 400. The van der Waals surface area contributed by atoms with Gasteiger partial charge in [-0.1, -0.05) is 0 Å². The standard InChI is InChI=1S/C13H17F3N2/c1-18(12-4-2-3-11(12)17)10-7-5-9(6-8-10)13(14,15)16/h5-8,11-12H,2-4,17H2,1H3/t11-,12-/m0/s1. The summed E-state index contributed by atoms with van der Waals surface area (Å²) in [5, 5.41) is 0. The van der Waals surface area contributed by atoms with Gasteiger partial charge in [0.2, 0.25) is 0 Å². The topological polar surface area (TPSA) is 29.3 Å². The van der Waals surface area contributed by atoms with E-state index in [9.17, 15) is 13.2 Å². The minimum absolute atomic E-state index is 0.109. The van der Waals surface area contributed by atoms with Gasteiger partial charge in [0.25, 0.3) is 0 Å². The van der Waals surface area contributed by atoms with Gasteiger partial charge in [0.15, 0.2) is 0 Å². The van der Waals surface area contributed by atoms with Crippen molar-refractivity contribution in [1.82, 2.24) is 0 Å². The van der Waals surface area contributed by atoms with Crippen molar-refractivity contribution in [2.24, 2.45) is 5.73 Å². The highest BCUT2D eigenvalue weighted by Gasteiger charge is 2.31. The summed E-state index contributed by atoms with van der Waals surface area (Å²) >= 11 is 0. The number of benzene rings is 1. The summed E-state index contributed by atoms with van der Waals surface area (Å²) in [6.45, 7) is 0. The van der Waals surface area contributed by atoms with E-state index in [0.29, 0.717) is 0 Å². The van der Waals surface area contributed by atoms with E-state index in [-0.39, 0.29) is 12.1 Å². The molecule has 5 heteroatoms. The summed E-state index contributed by atoms with van der Waals surface area (Å²) < 4.78 is 37.4. The van der Waals surface area contributed by atoms with Crippen LogP contribution in [0.2, 0.25) is 0 Å². The van der Waals surface area contributed by atoms with Crippen LogP contribution >= 0.6 is 0 Å². The van der Waals surface area contributed by atoms with Crippen LogP contribution in [0.4, 0.5) is 18.9 Å². The number of hydrogen-bond donors (Lipinski definition) is 1. The average molecular weight is 258 g/mol. The van der Waals surface area contributed by atoms with Crippen molar-refractivity contribution in [3.8, 4) is 0 Å². The number of rotatable bonds is 2. The lowest BCUT2D eigenvalue weighted by Gasteiger charge is -2.30. The molecule has 1 saturated carbocycles. The maximum Gasteiger partial charge on any atom is 0.416 e. The Kier molecular flexibility index (Phi) is 3.52. The summed E-state index contributed by atoms with van der Waals surface area (Å²) in [5.74, 6) is 0. The van der Waals surface area contributed by atoms with Gasteiger partial charge in [-0.2, -0.15) is 13.2 Å². The smallest absolute Gasteiger partial charge is 0.370 e. The van der Waals surface area contributed by atoms with E-state index in [4.69, 9.17) is 5.73 Å². The van der Waals surface area contributed by atoms with Crippen molar-refractivity contribution in [2.75, 3.05) is 11.9 Å². The quantitative estimate of drug-likeness (QED) is 0.883. The van der Waals surface area contributed by atoms with Crippen molar-refractivity contribution >= 4 is 5.69 Å². The van der Waals surface area contributed by atoms with Gasteiger partial charge < -0.3 is 10.6 Å². The van der Waals surface area contributed by atoms with Gasteiger partial charge in [0, 0.05) is 24.8 Å². The first kappa shape index (κ1) is 13.2. The summed E-state index contributed by atoms with van der Waals surface area (Å²) in [5.41, 5.74) is 6.16. The van der Waals surface area contributed by atoms with E-state index in [1.807, 2.05) is 11.9 Å². The molecular weight excluding hydrogens is 241 g/mol. The first-order valence-electron chi connectivity index (χ1n) is 6.05. The number of halogens is 3. The molecule has 2 rings (SSSR count). The zero-order valence-corrected chi connectivity index (χ0v) is 10.2. The van der Waals surface area contributed by atoms with Crippen molar-refractivity contribution in [3.05, 3.63) is 29.8 Å². The molecule has 2 N–H and O–H groups in total. The van der Waals surface area contributed by atoms with E-state index < -0.39 is 11.7 Å². The third kappa shape index (κ3) is 2.61. The molecule has 0 aromatic heterocycles. The van der Waals surface area contributed by atoms with Crippen molar-refractivity contribution in [1.29, 1.82) is 0 Å². The number of nitrogens with two attached hydrogens (primary N) is 1. The fraction of sp³-hybridized carbons (Fsp3) is 0.538. The van der Waals surface area contributed by atoms with Crippen LogP contribution in [-0.4, -0.2) is 19.1 Å². The molecule has 1 aliphatic carbocycles. The molecule has 1 aromatic carbocycles. The number of alkyl halides is 3. The maximum absolute atomic E-state index is 12.5. The van der Waals surface area contributed by atoms with Gasteiger partial charge in [0.05, 0.1) is 5.56 Å². The van der Waals surface area contributed by atoms with Gasteiger partial charge in [-0.15, -0.1) is 0 Å². The Hall–Kier alpha value is -1.23. The lowest BCUT2D eigenvalue weighted by Crippen LogP contribution is -2.42. The van der Waals surface area contributed by atoms with Gasteiger partial charge >= 0.3 is 6.18 Å². The molecule has 2 nitrogen and oxygen atoms in total. The summed E-state index contributed by atoms with van der Waals surface area (Å²) in [6, 6.07) is 5.58. The van der Waals surface area contributed by atoms with E-state index in [1.165, 1.54) is 12.1 Å². The van der Waals surface area contributed by atoms with E-state index >= 15 is 0 Å². The van der Waals surface area contributed by atoms with Crippen LogP contribution in [0.1, 0.15) is 24.8 Å². The minimum Gasteiger partial charge on any atom is -0.370 e. The molecule has 0 heterocycles. The van der Waals surface area contributed by atoms with Gasteiger partial charge in [0.1, 0.15) is 0 Å². The number of anilines is 1. The second-order valence-corrected chi connectivity index (χ2v) is 4.82. The van der Waals surface area contributed by atoms with Crippen LogP contribution in [0.15, 0.2) is 24.3 Å². The van der Waals surface area contributed by atoms with Crippen LogP contribution in [0.3, 0.4) is 0 Å². The zero-order chi connectivity index (χ0) is 13.3. The normalized spacial score (nSPS) is 24.3. The molecule has 0 unspecified atom stereocenters. The predicted octanol–water partition coefficient (Wildman–Crippen LogP) is 3.02. The molecule has 0 radical (unpaired) electrons. The summed E-state index contributed by atoms with van der Waals surface area (Å²) in [6.07, 6.45) is -1.22. The van der Waals surface area contributed by atoms with Crippen molar-refractivity contribution in [3.63, 3.8) is 0 Å². The number of nitrogens with zero attached hydrogens (tertiary/aromatic N) is 1. The number of likely N-dealkylation sites (N-methyl/N-ethyl adjacent to an activating group) is 1. The van der Waals surface area contributed by atoms with Crippen molar-refractivity contribution < 1.29 is 13.2 Å². The molecule has 1 fully saturated rings. The van der Waals surface area contributed by atoms with Crippen LogP contribution in [0.5, 0.6) is 0 Å². The van der Waals surface area contributed by atoms with Crippen LogP contribution in [0.25, 0.3) is 0 Å². The molecule has 0 amide bonds. The molecular formula is C13H17F3N2. The fourth-order valence-corrected chi connectivity index (χ4v) is 2.53. The van der Waals surface area contributed by atoms with Gasteiger partial charge in [-0.3, -0.25) is 0 Å². The highest BCUT2D eigenvalue weighted by atomic mass is 19.4. The summed E-state index contributed by atoms with van der Waals surface area (Å²) in [4.78, 5) is 1.98. The van der Waals surface area contributed by atoms with Gasteiger partial charge in [-0.25, -0.2) is 0 Å². The second-order valence-electron chi connectivity index (χ2n) is 4.82. The number of hydrogen-bond acceptors (Lipinski definition) is 2. The van der Waals surface area contributed by atoms with Gasteiger partial charge in [-0.05, 0) is 43.5 Å². The Morgan fingerprint density at radius 2 is 1.78 bits per heavy atom. The van der Waals surface area contributed by atoms with E-state index in [2.05, 4.69) is 0 Å². The molecule has 100 valence electrons. The van der Waals surface area contributed by atoms with Crippen molar-refractivity contribution in [2.45, 2.75) is 37.5 Å². The maximum atomic E-state index is 12.5. The Labute approximate surface area is 105 Å². The molecule has 2 atom stereocenters. The molecule has 0 spiro atoms. The zero-order valence-electron chi connectivity index (χ0n) is 10.2. The average Bonchev–Trinajstić information content (AvgIpc) is 2.73. The lowest BCUT2D eigenvalue weighted by molar-refractivity contribution is -0.137. The highest BCUT2D eigenvalue weighted by Crippen LogP contribution is 2.32. The summed E-state index contributed by atoms with van der Waals surface area (Å²) in [7, 11) is 1.89. The third-order valence-electron chi connectivity index (χ3n) is 3.63. The molecule has 0 saturated heterocycles. The molecule has 18 heavy (non-hydrogen) atoms. The van der Waals surface area contributed by atoms with Crippen LogP contribution in [0, 0.1) is 0 Å². The van der Waals surface area contributed by atoms with Crippen LogP contribution in [-0.2, 0) is 6.18 Å². The first-order valence-corrected chi connectivity index (χ1v) is 6.05. The Balaban J connectivity index is 2.14. The largest absolute Gasteiger partial charge is 0.416 e. The molecule has 1 aliphatic rings. The van der Waals surface area contributed by atoms with Crippen LogP contribution < -0.4 is 10.6 Å². The van der Waals surface area contributed by atoms with E-state index in [1.54, 1.807) is 0 Å². The minimum atomic E-state index is -4.28. The Morgan fingerprint density at radius 3 is 2.22 bits per heavy atom. The molecule has 0 bridgehead atoms. The highest BCUT2D eigenvalue weighted by molar-refractivity contribution is 5.48. The fourth-order valence-electron chi connectivity index (χ4n) is 2.53. The first-order chi connectivity index (χ1) is 8.39. The SMILES string of the molecule is CN(c1ccc(C(F)(F)F)cc1)[C@H]1CCC[C@@H]1N. The van der Waals surface area contributed by atoms with E-state index in [0.717, 1.165) is 37.1 Å². The molecule has 1 aromatic rings. The predicted molar refractivity (Wildman–Crippen MR) is 65.5 cm³/mol. The Morgan fingerprint density at radius 1 is 1.17 bits per heavy atom. The second kappa shape index (κ2) is 4.80. The molecule has 0 aliphatic heterocycles. The lowest BCUT2D eigenvalue weighted by atomic mass is 10.1. The monoisotopic (exact) mass is 258 g/mol. The third-order valence-corrected chi connectivity index (χ3v) is 3.63.